The van der Waals surface area contributed by atoms with Gasteiger partial charge in [0.05, 0.1) is 30.2 Å². The number of ketones is 1. The molecule has 47 heavy (non-hydrogen) atoms. The van der Waals surface area contributed by atoms with E-state index in [-0.39, 0.29) is 47.1 Å². The Morgan fingerprint density at radius 2 is 1.96 bits per heavy atom. The number of carbonyl (C=O) groups excluding carboxylic acids is 2. The van der Waals surface area contributed by atoms with Crippen molar-refractivity contribution >= 4 is 39.0 Å². The molecule has 2 aliphatic heterocycles. The predicted molar refractivity (Wildman–Crippen MR) is 184 cm³/mol. The molecule has 2 heterocycles. The largest absolute Gasteiger partial charge is 0.490 e. The molecule has 0 radical (unpaired) electrons. The number of hydrogen-bond donors (Lipinski definition) is 2. The third kappa shape index (κ3) is 6.94. The van der Waals surface area contributed by atoms with Gasteiger partial charge in [-0.1, -0.05) is 24.6 Å². The summed E-state index contributed by atoms with van der Waals surface area (Å²) in [5.74, 6) is -0.0396. The number of aliphatic hydroxyl groups is 1. The summed E-state index contributed by atoms with van der Waals surface area (Å²) in [4.78, 5) is 29.9. The van der Waals surface area contributed by atoms with Gasteiger partial charge in [0, 0.05) is 35.1 Å². The van der Waals surface area contributed by atoms with Crippen molar-refractivity contribution in [1.82, 2.24) is 9.62 Å². The van der Waals surface area contributed by atoms with Crippen LogP contribution in [-0.4, -0.2) is 80.8 Å². The number of sulfonamides is 1. The summed E-state index contributed by atoms with van der Waals surface area (Å²) in [6.07, 6.45) is 5.09. The molecular formula is C36H48ClN3O6S. The van der Waals surface area contributed by atoms with E-state index in [2.05, 4.69) is 21.8 Å². The molecule has 2 aliphatic carbocycles. The summed E-state index contributed by atoms with van der Waals surface area (Å²) >= 11 is 6.42. The number of aryl methyl sites for hydroxylation is 1. The topological polar surface area (TPSA) is 116 Å². The highest BCUT2D eigenvalue weighted by Crippen LogP contribution is 2.47. The van der Waals surface area contributed by atoms with E-state index in [1.54, 1.807) is 25.1 Å². The smallest absolute Gasteiger partial charge is 0.264 e. The van der Waals surface area contributed by atoms with Gasteiger partial charge >= 0.3 is 0 Å². The zero-order valence-corrected chi connectivity index (χ0v) is 29.4. The van der Waals surface area contributed by atoms with Crippen molar-refractivity contribution in [3.05, 3.63) is 58.1 Å². The molecule has 4 aliphatic rings. The molecule has 7 atom stereocenters. The Bertz CT molecular complexity index is 1630. The summed E-state index contributed by atoms with van der Waals surface area (Å²) in [7, 11) is -2.17. The molecule has 6 rings (SSSR count). The molecule has 11 heteroatoms. The van der Waals surface area contributed by atoms with Crippen molar-refractivity contribution in [2.75, 3.05) is 38.2 Å². The minimum Gasteiger partial charge on any atom is -0.490 e. The lowest BCUT2D eigenvalue weighted by atomic mass is 9.67. The quantitative estimate of drug-likeness (QED) is 0.466. The number of nitrogens with one attached hydrogen (secondary N) is 1. The lowest BCUT2D eigenvalue weighted by Gasteiger charge is -2.46. The molecule has 2 N–H and O–H groups in total. The highest BCUT2D eigenvalue weighted by atomic mass is 35.5. The van der Waals surface area contributed by atoms with Crippen molar-refractivity contribution in [3.63, 3.8) is 0 Å². The average Bonchev–Trinajstić information content (AvgIpc) is 3.14. The van der Waals surface area contributed by atoms with Gasteiger partial charge in [0.15, 0.2) is 0 Å². The molecule has 1 spiro atoms. The Balaban J connectivity index is 1.40. The van der Waals surface area contributed by atoms with E-state index in [9.17, 15) is 23.1 Å². The molecular weight excluding hydrogens is 638 g/mol. The van der Waals surface area contributed by atoms with Gasteiger partial charge < -0.3 is 14.7 Å². The molecule has 0 saturated heterocycles. The highest BCUT2D eigenvalue weighted by Gasteiger charge is 2.45. The van der Waals surface area contributed by atoms with E-state index >= 15 is 0 Å². The Labute approximate surface area is 284 Å². The molecule has 1 amide bonds. The maximum Gasteiger partial charge on any atom is 0.264 e. The minimum absolute atomic E-state index is 0.0112. The number of anilines is 1. The van der Waals surface area contributed by atoms with E-state index in [0.717, 1.165) is 42.8 Å². The maximum atomic E-state index is 13.6. The number of fused-ring (bicyclic) bond motifs is 4. The van der Waals surface area contributed by atoms with Crippen LogP contribution in [0.3, 0.4) is 0 Å². The molecule has 2 aromatic rings. The standard InChI is InChI=1S/C36H48ClN3O6S/c1-22-14-29(39(4)18-23(2)41)17-33(42)30-10-7-27(30)19-40-20-36(13-5-6-25-15-28(37)9-11-31(25)36)21-46-34-12-8-26(16-32(34)40)35(43)38-47(44,45)24(22)3/h8-9,11-12,15-16,22,24,27,29-30,33,42H,5-7,10,13-14,17-21H2,1-4H3,(H,38,43)/t22-,24+,27-,29+,30+,33+,36-/m0/s1. The Morgan fingerprint density at radius 3 is 2.68 bits per heavy atom. The first-order valence-corrected chi connectivity index (χ1v) is 18.9. The Morgan fingerprint density at radius 1 is 1.17 bits per heavy atom. The van der Waals surface area contributed by atoms with Crippen molar-refractivity contribution in [1.29, 1.82) is 0 Å². The molecule has 0 aromatic heterocycles. The first-order chi connectivity index (χ1) is 22.3. The van der Waals surface area contributed by atoms with Gasteiger partial charge in [-0.3, -0.25) is 14.5 Å². The van der Waals surface area contributed by atoms with Crippen LogP contribution in [-0.2, 0) is 26.7 Å². The van der Waals surface area contributed by atoms with E-state index in [0.29, 0.717) is 38.3 Å². The SMILES string of the molecule is CC(=O)CN(C)[C@H]1C[C@@H](O)[C@@H]2CC[C@H]2CN2C[C@@]3(CCCc4cc(Cl)ccc43)COc3ccc(cc32)C(=O)NS(=O)(=O)[C@H](C)[C@@H](C)C1. The van der Waals surface area contributed by atoms with Crippen LogP contribution in [0.25, 0.3) is 0 Å². The van der Waals surface area contributed by atoms with Gasteiger partial charge in [-0.25, -0.2) is 13.1 Å². The maximum absolute atomic E-state index is 13.6. The molecule has 2 bridgehead atoms. The second-order valence-corrected chi connectivity index (χ2v) is 17.2. The van der Waals surface area contributed by atoms with Crippen LogP contribution in [0.4, 0.5) is 5.69 Å². The first-order valence-electron chi connectivity index (χ1n) is 17.0. The van der Waals surface area contributed by atoms with E-state index in [1.165, 1.54) is 18.1 Å². The number of aliphatic hydroxyl groups excluding tert-OH is 1. The van der Waals surface area contributed by atoms with Crippen LogP contribution in [0.2, 0.25) is 5.02 Å². The monoisotopic (exact) mass is 685 g/mol. The van der Waals surface area contributed by atoms with Crippen molar-refractivity contribution in [3.8, 4) is 5.75 Å². The van der Waals surface area contributed by atoms with Crippen LogP contribution in [0.5, 0.6) is 5.75 Å². The van der Waals surface area contributed by atoms with Crippen molar-refractivity contribution < 1.29 is 27.9 Å². The fourth-order valence-corrected chi connectivity index (χ4v) is 9.94. The normalized spacial score (nSPS) is 32.3. The molecule has 1 saturated carbocycles. The molecule has 9 nitrogen and oxygen atoms in total. The number of amides is 1. The van der Waals surface area contributed by atoms with Gasteiger partial charge in [-0.2, -0.15) is 0 Å². The zero-order chi connectivity index (χ0) is 33.7. The number of halogens is 1. The fourth-order valence-electron chi connectivity index (χ4n) is 8.46. The third-order valence-electron chi connectivity index (χ3n) is 11.5. The number of rotatable bonds is 3. The van der Waals surface area contributed by atoms with Crippen molar-refractivity contribution in [2.45, 2.75) is 88.5 Å². The van der Waals surface area contributed by atoms with Crippen LogP contribution >= 0.6 is 11.6 Å². The van der Waals surface area contributed by atoms with E-state index in [4.69, 9.17) is 16.3 Å². The zero-order valence-electron chi connectivity index (χ0n) is 27.9. The number of Topliss-reactive ketones (excluding diaryl/α,β-unsaturated/α-hetero) is 1. The van der Waals surface area contributed by atoms with Crippen LogP contribution < -0.4 is 14.4 Å². The molecule has 0 unspecified atom stereocenters. The molecule has 256 valence electrons. The average molecular weight is 686 g/mol. The summed E-state index contributed by atoms with van der Waals surface area (Å²) in [6.45, 7) is 7.04. The van der Waals surface area contributed by atoms with Crippen LogP contribution in [0.15, 0.2) is 36.4 Å². The second kappa shape index (κ2) is 13.3. The minimum atomic E-state index is -4.03. The Kier molecular flexibility index (Phi) is 9.70. The molecule has 1 fully saturated rings. The summed E-state index contributed by atoms with van der Waals surface area (Å²) in [6, 6.07) is 11.1. The van der Waals surface area contributed by atoms with Gasteiger partial charge in [0.1, 0.15) is 11.5 Å². The number of benzene rings is 2. The van der Waals surface area contributed by atoms with Crippen LogP contribution in [0.1, 0.15) is 80.8 Å². The lowest BCUT2D eigenvalue weighted by molar-refractivity contribution is -0.118. The number of nitrogens with zero attached hydrogens (tertiary/aromatic N) is 2. The highest BCUT2D eigenvalue weighted by molar-refractivity contribution is 7.90. The first kappa shape index (κ1) is 34.2. The van der Waals surface area contributed by atoms with E-state index < -0.39 is 27.3 Å². The summed E-state index contributed by atoms with van der Waals surface area (Å²) in [5, 5.41) is 11.6. The van der Waals surface area contributed by atoms with Crippen molar-refractivity contribution in [2.24, 2.45) is 17.8 Å². The Hall–Kier alpha value is -2.66. The summed E-state index contributed by atoms with van der Waals surface area (Å²) < 4.78 is 36.0. The van der Waals surface area contributed by atoms with E-state index in [1.807, 2.05) is 24.9 Å². The predicted octanol–water partition coefficient (Wildman–Crippen LogP) is 4.97. The van der Waals surface area contributed by atoms with Crippen LogP contribution in [0, 0.1) is 17.8 Å². The number of carbonyl (C=O) groups is 2. The number of ether oxygens (including phenoxy) is 1. The third-order valence-corrected chi connectivity index (χ3v) is 13.7. The molecule has 2 aromatic carbocycles. The second-order valence-electron chi connectivity index (χ2n) is 14.8. The van der Waals surface area contributed by atoms with Gasteiger partial charge in [0.25, 0.3) is 5.91 Å². The van der Waals surface area contributed by atoms with Gasteiger partial charge in [-0.05, 0) is 125 Å². The fraction of sp³-hybridized carbons (Fsp3) is 0.611. The summed E-state index contributed by atoms with van der Waals surface area (Å²) in [5.41, 5.74) is 3.19. The van der Waals surface area contributed by atoms with Gasteiger partial charge in [-0.15, -0.1) is 0 Å². The number of likely N-dealkylation sites (N-methyl/N-ethyl adjacent to an activating group) is 1. The lowest BCUT2D eigenvalue weighted by Crippen LogP contribution is -2.50. The van der Waals surface area contributed by atoms with Gasteiger partial charge in [0.2, 0.25) is 10.0 Å². The number of hydrogen-bond acceptors (Lipinski definition) is 8.